The number of nitrogens with zero attached hydrogens (tertiary/aromatic N) is 1. The highest BCUT2D eigenvalue weighted by Crippen LogP contribution is 2.32. The number of carbonyl (C=O) groups is 1. The predicted molar refractivity (Wildman–Crippen MR) is 58.1 cm³/mol. The van der Waals surface area contributed by atoms with Gasteiger partial charge >= 0.3 is 5.97 Å². The minimum atomic E-state index is -0.821. The number of aromatic nitrogens is 1. The van der Waals surface area contributed by atoms with Crippen LogP contribution in [0.1, 0.15) is 49.1 Å². The first kappa shape index (κ1) is 10.3. The number of carboxylic acid groups (broad SMARTS) is 1. The first-order chi connectivity index (χ1) is 7.18. The molecule has 2 rings (SSSR count). The summed E-state index contributed by atoms with van der Waals surface area (Å²) in [5.41, 5.74) is 0.426. The molecule has 0 amide bonds. The molecule has 1 aromatic heterocycles. The number of hydrogen-bond donors (Lipinski definition) is 1. The van der Waals surface area contributed by atoms with E-state index in [1.165, 1.54) is 12.8 Å². The van der Waals surface area contributed by atoms with Gasteiger partial charge < -0.3 is 9.67 Å². The third kappa shape index (κ3) is 2.06. The summed E-state index contributed by atoms with van der Waals surface area (Å²) in [5.74, 6) is -0.0243. The van der Waals surface area contributed by atoms with E-state index in [-0.39, 0.29) is 0 Å². The van der Waals surface area contributed by atoms with Gasteiger partial charge in [-0.25, -0.2) is 4.79 Å². The lowest BCUT2D eigenvalue weighted by Crippen LogP contribution is -2.19. The van der Waals surface area contributed by atoms with Crippen LogP contribution in [0.15, 0.2) is 18.3 Å². The monoisotopic (exact) mass is 207 g/mol. The summed E-state index contributed by atoms with van der Waals surface area (Å²) in [6.07, 6.45) is 6.53. The van der Waals surface area contributed by atoms with Crippen molar-refractivity contribution >= 4 is 5.97 Å². The highest BCUT2D eigenvalue weighted by atomic mass is 16.4. The third-order valence-corrected chi connectivity index (χ3v) is 3.38. The van der Waals surface area contributed by atoms with E-state index < -0.39 is 5.97 Å². The van der Waals surface area contributed by atoms with E-state index in [0.29, 0.717) is 11.7 Å². The molecule has 1 aromatic rings. The Hall–Kier alpha value is -1.25. The molecular weight excluding hydrogens is 190 g/mol. The van der Waals surface area contributed by atoms with Crippen LogP contribution in [0.25, 0.3) is 0 Å². The quantitative estimate of drug-likeness (QED) is 0.810. The summed E-state index contributed by atoms with van der Waals surface area (Å²) in [6.45, 7) is 2.27. The van der Waals surface area contributed by atoms with Crippen LogP contribution in [0.2, 0.25) is 0 Å². The molecule has 0 saturated heterocycles. The zero-order valence-corrected chi connectivity index (χ0v) is 9.02. The first-order valence-electron chi connectivity index (χ1n) is 5.58. The van der Waals surface area contributed by atoms with E-state index in [9.17, 15) is 4.79 Å². The molecule has 0 atom stereocenters. The summed E-state index contributed by atoms with van der Waals surface area (Å²) in [6, 6.07) is 3.89. The second kappa shape index (κ2) is 4.09. The second-order valence-electron chi connectivity index (χ2n) is 4.52. The molecule has 3 nitrogen and oxygen atoms in total. The topological polar surface area (TPSA) is 42.2 Å². The summed E-state index contributed by atoms with van der Waals surface area (Å²) in [7, 11) is 0. The van der Waals surface area contributed by atoms with E-state index >= 15 is 0 Å². The van der Waals surface area contributed by atoms with Gasteiger partial charge in [0.15, 0.2) is 0 Å². The zero-order valence-electron chi connectivity index (χ0n) is 9.02. The fraction of sp³-hybridized carbons (Fsp3) is 0.583. The Labute approximate surface area is 89.7 Å². The van der Waals surface area contributed by atoms with Gasteiger partial charge in [-0.1, -0.05) is 6.92 Å². The van der Waals surface area contributed by atoms with Gasteiger partial charge in [0.2, 0.25) is 0 Å². The maximum atomic E-state index is 11.0. The Balaban J connectivity index is 2.15. The Bertz CT molecular complexity index is 348. The fourth-order valence-corrected chi connectivity index (χ4v) is 2.41. The minimum Gasteiger partial charge on any atom is -0.477 e. The van der Waals surface area contributed by atoms with Crippen molar-refractivity contribution in [2.45, 2.75) is 38.6 Å². The van der Waals surface area contributed by atoms with Crippen LogP contribution in [0, 0.1) is 5.92 Å². The second-order valence-corrected chi connectivity index (χ2v) is 4.52. The van der Waals surface area contributed by atoms with Gasteiger partial charge in [-0.3, -0.25) is 0 Å². The summed E-state index contributed by atoms with van der Waals surface area (Å²) >= 11 is 0. The molecule has 82 valence electrons. The molecule has 0 radical (unpaired) electrons. The van der Waals surface area contributed by atoms with Crippen LogP contribution in [-0.4, -0.2) is 15.6 Å². The molecule has 1 fully saturated rings. The molecule has 1 aliphatic carbocycles. The van der Waals surface area contributed by atoms with Crippen molar-refractivity contribution in [2.75, 3.05) is 0 Å². The zero-order chi connectivity index (χ0) is 10.8. The van der Waals surface area contributed by atoms with Crippen molar-refractivity contribution in [2.24, 2.45) is 5.92 Å². The molecule has 1 N–H and O–H groups in total. The average molecular weight is 207 g/mol. The number of rotatable bonds is 2. The Morgan fingerprint density at radius 3 is 2.67 bits per heavy atom. The van der Waals surface area contributed by atoms with E-state index in [1.54, 1.807) is 6.07 Å². The molecule has 1 saturated carbocycles. The van der Waals surface area contributed by atoms with Gasteiger partial charge in [0.1, 0.15) is 5.69 Å². The summed E-state index contributed by atoms with van der Waals surface area (Å²) in [5, 5.41) is 9.02. The first-order valence-corrected chi connectivity index (χ1v) is 5.58. The van der Waals surface area contributed by atoms with Crippen LogP contribution in [-0.2, 0) is 0 Å². The van der Waals surface area contributed by atoms with Crippen LogP contribution < -0.4 is 0 Å². The normalized spacial score (nSPS) is 26.5. The largest absolute Gasteiger partial charge is 0.477 e. The van der Waals surface area contributed by atoms with Gasteiger partial charge in [0.25, 0.3) is 0 Å². The number of aromatic carboxylic acids is 1. The van der Waals surface area contributed by atoms with Crippen molar-refractivity contribution in [3.05, 3.63) is 24.0 Å². The molecule has 15 heavy (non-hydrogen) atoms. The van der Waals surface area contributed by atoms with Gasteiger partial charge in [-0.05, 0) is 43.7 Å². The fourth-order valence-electron chi connectivity index (χ4n) is 2.41. The summed E-state index contributed by atoms with van der Waals surface area (Å²) < 4.78 is 1.92. The van der Waals surface area contributed by atoms with Gasteiger partial charge in [0.05, 0.1) is 0 Å². The van der Waals surface area contributed by atoms with E-state index in [0.717, 1.165) is 18.8 Å². The molecule has 1 heterocycles. The number of carboxylic acids is 1. The highest BCUT2D eigenvalue weighted by Gasteiger charge is 2.22. The van der Waals surface area contributed by atoms with Gasteiger partial charge in [0, 0.05) is 12.2 Å². The highest BCUT2D eigenvalue weighted by molar-refractivity contribution is 5.85. The van der Waals surface area contributed by atoms with Crippen molar-refractivity contribution < 1.29 is 9.90 Å². The molecule has 0 spiro atoms. The molecule has 0 bridgehead atoms. The maximum Gasteiger partial charge on any atom is 0.352 e. The van der Waals surface area contributed by atoms with Crippen molar-refractivity contribution in [3.8, 4) is 0 Å². The Kier molecular flexibility index (Phi) is 2.80. The minimum absolute atomic E-state index is 0.391. The molecule has 3 heteroatoms. The molecule has 0 aromatic carbocycles. The SMILES string of the molecule is CC1CCC(n2cccc2C(=O)O)CC1. The maximum absolute atomic E-state index is 11.0. The van der Waals surface area contributed by atoms with Gasteiger partial charge in [-0.15, -0.1) is 0 Å². The lowest BCUT2D eigenvalue weighted by Gasteiger charge is -2.28. The van der Waals surface area contributed by atoms with Crippen molar-refractivity contribution in [1.82, 2.24) is 4.57 Å². The Morgan fingerprint density at radius 1 is 1.40 bits per heavy atom. The lowest BCUT2D eigenvalue weighted by molar-refractivity contribution is 0.0680. The molecule has 0 aliphatic heterocycles. The summed E-state index contributed by atoms with van der Waals surface area (Å²) in [4.78, 5) is 11.0. The Morgan fingerprint density at radius 2 is 2.07 bits per heavy atom. The molecule has 0 unspecified atom stereocenters. The molecular formula is C12H17NO2. The van der Waals surface area contributed by atoms with Gasteiger partial charge in [-0.2, -0.15) is 0 Å². The third-order valence-electron chi connectivity index (χ3n) is 3.38. The standard InChI is InChI=1S/C12H17NO2/c1-9-4-6-10(7-5-9)13-8-2-3-11(13)12(14)15/h2-3,8-10H,4-7H2,1H3,(H,14,15). The van der Waals surface area contributed by atoms with Crippen molar-refractivity contribution in [3.63, 3.8) is 0 Å². The van der Waals surface area contributed by atoms with Crippen LogP contribution >= 0.6 is 0 Å². The van der Waals surface area contributed by atoms with Crippen LogP contribution in [0.3, 0.4) is 0 Å². The van der Waals surface area contributed by atoms with Crippen LogP contribution in [0.5, 0.6) is 0 Å². The van der Waals surface area contributed by atoms with Crippen molar-refractivity contribution in [1.29, 1.82) is 0 Å². The van der Waals surface area contributed by atoms with Crippen LogP contribution in [0.4, 0.5) is 0 Å². The number of hydrogen-bond acceptors (Lipinski definition) is 1. The van der Waals surface area contributed by atoms with E-state index in [2.05, 4.69) is 6.92 Å². The molecule has 1 aliphatic rings. The average Bonchev–Trinajstić information content (AvgIpc) is 2.67. The van der Waals surface area contributed by atoms with E-state index in [4.69, 9.17) is 5.11 Å². The lowest BCUT2D eigenvalue weighted by atomic mass is 9.87. The predicted octanol–water partition coefficient (Wildman–Crippen LogP) is 2.94. The smallest absolute Gasteiger partial charge is 0.352 e. The van der Waals surface area contributed by atoms with E-state index in [1.807, 2.05) is 16.8 Å².